The molecule has 2 heterocycles. The van der Waals surface area contributed by atoms with E-state index in [1.807, 2.05) is 0 Å². The number of ketones is 1. The largest absolute Gasteiger partial charge is 0.416 e. The van der Waals surface area contributed by atoms with Crippen molar-refractivity contribution >= 4 is 15.8 Å². The zero-order valence-electron chi connectivity index (χ0n) is 13.4. The van der Waals surface area contributed by atoms with Gasteiger partial charge in [-0.1, -0.05) is 6.07 Å². The van der Waals surface area contributed by atoms with Crippen LogP contribution in [0, 0.1) is 0 Å². The number of carbonyl (C=O) groups excluding carboxylic acids is 1. The average molecular weight is 377 g/mol. The lowest BCUT2D eigenvalue weighted by Crippen LogP contribution is -2.41. The molecule has 0 radical (unpaired) electrons. The first-order valence-electron chi connectivity index (χ1n) is 7.98. The molecule has 0 spiro atoms. The number of benzene rings is 1. The number of hydrogen-bond acceptors (Lipinski definition) is 4. The molecule has 2 aliphatic heterocycles. The molecule has 25 heavy (non-hydrogen) atoms. The van der Waals surface area contributed by atoms with Gasteiger partial charge < -0.3 is 4.74 Å². The highest BCUT2D eigenvalue weighted by Crippen LogP contribution is 2.32. The molecule has 1 saturated heterocycles. The molecule has 2 aliphatic rings. The van der Waals surface area contributed by atoms with Crippen LogP contribution in [0.1, 0.15) is 29.5 Å². The molecule has 0 N–H and O–H groups in total. The van der Waals surface area contributed by atoms with Crippen LogP contribution in [0.15, 0.2) is 18.2 Å². The van der Waals surface area contributed by atoms with Gasteiger partial charge in [0.25, 0.3) is 0 Å². The van der Waals surface area contributed by atoms with Gasteiger partial charge in [-0.15, -0.1) is 0 Å². The standard InChI is InChI=1S/C16H18F3NO4S/c17-16(18,19)13-4-3-11-5-6-20(9-12(11)8-13)25(22,23)10-14(21)15-2-1-7-24-15/h3-4,8,15H,1-2,5-7,9-10H2/t15-/m1/s1. The maximum atomic E-state index is 12.8. The third-order valence-corrected chi connectivity index (χ3v) is 6.27. The number of sulfonamides is 1. The Morgan fingerprint density at radius 3 is 2.68 bits per heavy atom. The number of fused-ring (bicyclic) bond motifs is 1. The van der Waals surface area contributed by atoms with Crippen LogP contribution in [0.4, 0.5) is 13.2 Å². The summed E-state index contributed by atoms with van der Waals surface area (Å²) in [5, 5.41) is 0. The maximum Gasteiger partial charge on any atom is 0.416 e. The van der Waals surface area contributed by atoms with Crippen LogP contribution < -0.4 is 0 Å². The van der Waals surface area contributed by atoms with Gasteiger partial charge in [-0.2, -0.15) is 17.5 Å². The molecular weight excluding hydrogens is 359 g/mol. The molecule has 0 aromatic heterocycles. The minimum absolute atomic E-state index is 0.152. The Morgan fingerprint density at radius 1 is 1.28 bits per heavy atom. The van der Waals surface area contributed by atoms with Gasteiger partial charge in [-0.05, 0) is 42.5 Å². The van der Waals surface area contributed by atoms with Crippen LogP contribution in [-0.4, -0.2) is 43.5 Å². The summed E-state index contributed by atoms with van der Waals surface area (Å²) in [7, 11) is -3.89. The van der Waals surface area contributed by atoms with Crippen LogP contribution in [0.5, 0.6) is 0 Å². The molecule has 1 atom stereocenters. The molecule has 1 fully saturated rings. The lowest BCUT2D eigenvalue weighted by atomic mass is 9.98. The van der Waals surface area contributed by atoms with Gasteiger partial charge in [0.1, 0.15) is 11.9 Å². The van der Waals surface area contributed by atoms with E-state index in [2.05, 4.69) is 0 Å². The van der Waals surface area contributed by atoms with E-state index in [1.54, 1.807) is 0 Å². The zero-order chi connectivity index (χ0) is 18.2. The van der Waals surface area contributed by atoms with E-state index in [-0.39, 0.29) is 13.1 Å². The molecule has 0 saturated carbocycles. The molecule has 138 valence electrons. The number of alkyl halides is 3. The molecular formula is C16H18F3NO4S. The van der Waals surface area contributed by atoms with Crippen molar-refractivity contribution in [2.24, 2.45) is 0 Å². The Bertz CT molecular complexity index is 770. The zero-order valence-corrected chi connectivity index (χ0v) is 14.2. The molecule has 3 rings (SSSR count). The quantitative estimate of drug-likeness (QED) is 0.807. The number of hydrogen-bond donors (Lipinski definition) is 0. The van der Waals surface area contributed by atoms with Gasteiger partial charge >= 0.3 is 6.18 Å². The highest BCUT2D eigenvalue weighted by Gasteiger charge is 2.35. The second-order valence-electron chi connectivity index (χ2n) is 6.29. The van der Waals surface area contributed by atoms with Crippen molar-refractivity contribution in [3.8, 4) is 0 Å². The lowest BCUT2D eigenvalue weighted by molar-refractivity contribution is -0.137. The monoisotopic (exact) mass is 377 g/mol. The lowest BCUT2D eigenvalue weighted by Gasteiger charge is -2.28. The fourth-order valence-electron chi connectivity index (χ4n) is 3.14. The molecule has 0 bridgehead atoms. The van der Waals surface area contributed by atoms with E-state index >= 15 is 0 Å². The Hall–Kier alpha value is -1.45. The second kappa shape index (κ2) is 6.69. The highest BCUT2D eigenvalue weighted by molar-refractivity contribution is 7.89. The molecule has 5 nitrogen and oxygen atoms in total. The van der Waals surface area contributed by atoms with Gasteiger partial charge in [-0.3, -0.25) is 4.79 Å². The smallest absolute Gasteiger partial charge is 0.370 e. The van der Waals surface area contributed by atoms with Gasteiger partial charge in [0, 0.05) is 19.7 Å². The minimum Gasteiger partial charge on any atom is -0.370 e. The van der Waals surface area contributed by atoms with E-state index in [1.165, 1.54) is 6.07 Å². The topological polar surface area (TPSA) is 63.7 Å². The molecule has 0 unspecified atom stereocenters. The van der Waals surface area contributed by atoms with Gasteiger partial charge in [0.15, 0.2) is 5.78 Å². The SMILES string of the molecule is O=C(CS(=O)(=O)N1CCc2ccc(C(F)(F)F)cc2C1)[C@H]1CCCO1. The first-order valence-corrected chi connectivity index (χ1v) is 9.59. The first kappa shape index (κ1) is 18.3. The molecule has 1 aromatic rings. The second-order valence-corrected chi connectivity index (χ2v) is 8.26. The number of ether oxygens (including phenoxy) is 1. The van der Waals surface area contributed by atoms with Crippen molar-refractivity contribution in [2.75, 3.05) is 18.9 Å². The van der Waals surface area contributed by atoms with E-state index in [0.717, 1.165) is 16.4 Å². The minimum atomic E-state index is -4.48. The summed E-state index contributed by atoms with van der Waals surface area (Å²) in [6, 6.07) is 3.38. The molecule has 0 amide bonds. The number of rotatable bonds is 4. The molecule has 9 heteroatoms. The predicted molar refractivity (Wildman–Crippen MR) is 83.3 cm³/mol. The average Bonchev–Trinajstić information content (AvgIpc) is 3.07. The van der Waals surface area contributed by atoms with E-state index in [4.69, 9.17) is 4.74 Å². The van der Waals surface area contributed by atoms with Crippen molar-refractivity contribution in [2.45, 2.75) is 38.1 Å². The third-order valence-electron chi connectivity index (χ3n) is 4.52. The van der Waals surface area contributed by atoms with Crippen molar-refractivity contribution in [3.05, 3.63) is 34.9 Å². The summed E-state index contributed by atoms with van der Waals surface area (Å²) in [6.45, 7) is 0.438. The summed E-state index contributed by atoms with van der Waals surface area (Å²) in [5.74, 6) is -1.17. The van der Waals surface area contributed by atoms with Crippen molar-refractivity contribution < 1.29 is 31.1 Å². The normalized spacial score (nSPS) is 22.0. The number of Topliss-reactive ketones (excluding diaryl/α,β-unsaturated/α-hetero) is 1. The Balaban J connectivity index is 1.75. The van der Waals surface area contributed by atoms with Gasteiger partial charge in [-0.25, -0.2) is 8.42 Å². The number of carbonyl (C=O) groups is 1. The Labute approximate surface area is 143 Å². The van der Waals surface area contributed by atoms with Gasteiger partial charge in [0.2, 0.25) is 10.0 Å². The van der Waals surface area contributed by atoms with Crippen molar-refractivity contribution in [1.29, 1.82) is 0 Å². The Kier molecular flexibility index (Phi) is 4.91. The van der Waals surface area contributed by atoms with Gasteiger partial charge in [0.05, 0.1) is 5.56 Å². The Morgan fingerprint density at radius 2 is 2.04 bits per heavy atom. The van der Waals surface area contributed by atoms with Crippen LogP contribution in [0.3, 0.4) is 0 Å². The fraction of sp³-hybridized carbons (Fsp3) is 0.562. The van der Waals surface area contributed by atoms with Crippen molar-refractivity contribution in [1.82, 2.24) is 4.31 Å². The first-order chi connectivity index (χ1) is 11.7. The third kappa shape index (κ3) is 4.04. The number of halogens is 3. The van der Waals surface area contributed by atoms with Crippen LogP contribution in [-0.2, 0) is 38.7 Å². The summed E-state index contributed by atoms with van der Waals surface area (Å²) < 4.78 is 69.8. The van der Waals surface area contributed by atoms with Crippen LogP contribution in [0.2, 0.25) is 0 Å². The van der Waals surface area contributed by atoms with E-state index in [0.29, 0.717) is 37.0 Å². The van der Waals surface area contributed by atoms with E-state index < -0.39 is 39.4 Å². The summed E-state index contributed by atoms with van der Waals surface area (Å²) in [5.41, 5.74) is 0.222. The summed E-state index contributed by atoms with van der Waals surface area (Å²) in [4.78, 5) is 12.1. The number of nitrogens with zero attached hydrogens (tertiary/aromatic N) is 1. The molecule has 0 aliphatic carbocycles. The maximum absolute atomic E-state index is 12.8. The summed E-state index contributed by atoms with van der Waals surface area (Å²) in [6.07, 6.45) is -3.63. The fourth-order valence-corrected chi connectivity index (χ4v) is 4.57. The highest BCUT2D eigenvalue weighted by atomic mass is 32.2. The predicted octanol–water partition coefficient (Wildman–Crippen LogP) is 2.14. The van der Waals surface area contributed by atoms with Crippen LogP contribution >= 0.6 is 0 Å². The molecule has 1 aromatic carbocycles. The summed E-state index contributed by atoms with van der Waals surface area (Å²) >= 11 is 0. The van der Waals surface area contributed by atoms with E-state index in [9.17, 15) is 26.4 Å². The van der Waals surface area contributed by atoms with Crippen LogP contribution in [0.25, 0.3) is 0 Å². The van der Waals surface area contributed by atoms with Crippen molar-refractivity contribution in [3.63, 3.8) is 0 Å².